The smallest absolute Gasteiger partial charge is 0.330 e. The van der Waals surface area contributed by atoms with Crippen molar-refractivity contribution in [3.05, 3.63) is 51.2 Å². The van der Waals surface area contributed by atoms with Gasteiger partial charge in [0.15, 0.2) is 0 Å². The highest BCUT2D eigenvalue weighted by Crippen LogP contribution is 1.98. The third kappa shape index (κ3) is 1.97. The molecule has 0 aliphatic carbocycles. The van der Waals surface area contributed by atoms with Gasteiger partial charge in [-0.15, -0.1) is 0 Å². The minimum Gasteiger partial charge on any atom is -0.385 e. The Kier molecular flexibility index (Phi) is 2.50. The monoisotopic (exact) mass is 219 g/mol. The van der Waals surface area contributed by atoms with E-state index in [0.717, 1.165) is 6.07 Å². The van der Waals surface area contributed by atoms with E-state index in [1.54, 1.807) is 12.3 Å². The Morgan fingerprint density at radius 3 is 2.88 bits per heavy atom. The van der Waals surface area contributed by atoms with Crippen molar-refractivity contribution in [1.29, 1.82) is 0 Å². The molecule has 2 aromatic rings. The molecular weight excluding hydrogens is 210 g/mol. The molecule has 0 aromatic carbocycles. The molecule has 0 aliphatic rings. The number of aromatic amines is 1. The Morgan fingerprint density at radius 2 is 2.25 bits per heavy atom. The minimum atomic E-state index is -0.552. The van der Waals surface area contributed by atoms with E-state index in [4.69, 9.17) is 5.73 Å². The van der Waals surface area contributed by atoms with Crippen molar-refractivity contribution in [2.75, 3.05) is 5.73 Å². The number of hydrogen-bond acceptors (Lipinski definition) is 5. The third-order valence-corrected chi connectivity index (χ3v) is 2.03. The number of nitrogens with two attached hydrogens (primary N) is 1. The lowest BCUT2D eigenvalue weighted by atomic mass is 10.4. The fraction of sp³-hybridized carbons (Fsp3) is 0.111. The molecule has 3 N–H and O–H groups in total. The van der Waals surface area contributed by atoms with Crippen LogP contribution in [0.1, 0.15) is 5.69 Å². The highest BCUT2D eigenvalue weighted by molar-refractivity contribution is 5.27. The van der Waals surface area contributed by atoms with Crippen LogP contribution < -0.4 is 17.0 Å². The number of anilines is 1. The maximum Gasteiger partial charge on any atom is 0.330 e. The molecule has 0 saturated heterocycles. The van der Waals surface area contributed by atoms with Gasteiger partial charge in [-0.3, -0.25) is 14.3 Å². The number of aromatic nitrogens is 4. The first kappa shape index (κ1) is 10.1. The third-order valence-electron chi connectivity index (χ3n) is 2.03. The summed E-state index contributed by atoms with van der Waals surface area (Å²) in [5, 5.41) is 0. The number of nitrogen functional groups attached to an aromatic ring is 1. The molecule has 7 heteroatoms. The molecule has 0 bridgehead atoms. The van der Waals surface area contributed by atoms with E-state index in [2.05, 4.69) is 15.0 Å². The zero-order valence-corrected chi connectivity index (χ0v) is 8.25. The van der Waals surface area contributed by atoms with E-state index in [-0.39, 0.29) is 12.4 Å². The van der Waals surface area contributed by atoms with Crippen LogP contribution in [0.2, 0.25) is 0 Å². The van der Waals surface area contributed by atoms with E-state index in [9.17, 15) is 9.59 Å². The molecule has 0 aliphatic heterocycles. The number of H-pyrrole nitrogens is 1. The molecule has 2 heterocycles. The Bertz CT molecular complexity index is 601. The minimum absolute atomic E-state index is 0.104. The molecule has 0 radical (unpaired) electrons. The van der Waals surface area contributed by atoms with Crippen LogP contribution in [0.4, 0.5) is 5.82 Å². The number of rotatable bonds is 2. The van der Waals surface area contributed by atoms with Gasteiger partial charge in [-0.1, -0.05) is 0 Å². The van der Waals surface area contributed by atoms with E-state index >= 15 is 0 Å². The van der Waals surface area contributed by atoms with Crippen LogP contribution in [0.15, 0.2) is 34.2 Å². The average molecular weight is 219 g/mol. The van der Waals surface area contributed by atoms with Crippen molar-refractivity contribution in [2.45, 2.75) is 6.54 Å². The molecule has 0 amide bonds. The fourth-order valence-electron chi connectivity index (χ4n) is 1.28. The summed E-state index contributed by atoms with van der Waals surface area (Å²) in [7, 11) is 0. The summed E-state index contributed by atoms with van der Waals surface area (Å²) in [6, 6.07) is 2.82. The zero-order chi connectivity index (χ0) is 11.5. The summed E-state index contributed by atoms with van der Waals surface area (Å²) in [6.07, 6.45) is 2.94. The quantitative estimate of drug-likeness (QED) is 0.670. The summed E-state index contributed by atoms with van der Waals surface area (Å²) < 4.78 is 1.23. The highest BCUT2D eigenvalue weighted by atomic mass is 16.2. The molecule has 16 heavy (non-hydrogen) atoms. The summed E-state index contributed by atoms with van der Waals surface area (Å²) >= 11 is 0. The molecule has 2 rings (SSSR count). The standard InChI is InChI=1S/C9H9N5O2/c10-7-3-8(15)13-9(16)14(7)4-6-1-2-11-5-12-6/h1-3,5H,4,10H2,(H,13,15,16). The summed E-state index contributed by atoms with van der Waals surface area (Å²) in [5.41, 5.74) is 5.14. The lowest BCUT2D eigenvalue weighted by Crippen LogP contribution is -2.31. The summed E-state index contributed by atoms with van der Waals surface area (Å²) in [5.74, 6) is 0.104. The van der Waals surface area contributed by atoms with Crippen molar-refractivity contribution < 1.29 is 0 Å². The van der Waals surface area contributed by atoms with Crippen LogP contribution in [0.5, 0.6) is 0 Å². The van der Waals surface area contributed by atoms with Crippen molar-refractivity contribution >= 4 is 5.82 Å². The predicted molar refractivity (Wildman–Crippen MR) is 56.9 cm³/mol. The van der Waals surface area contributed by atoms with Gasteiger partial charge in [0.25, 0.3) is 5.56 Å². The van der Waals surface area contributed by atoms with Crippen molar-refractivity contribution in [3.8, 4) is 0 Å². The normalized spacial score (nSPS) is 10.2. The molecule has 7 nitrogen and oxygen atoms in total. The highest BCUT2D eigenvalue weighted by Gasteiger charge is 2.04. The summed E-state index contributed by atoms with van der Waals surface area (Å²) in [6.45, 7) is 0.198. The van der Waals surface area contributed by atoms with Crippen molar-refractivity contribution in [2.24, 2.45) is 0 Å². The largest absolute Gasteiger partial charge is 0.385 e. The van der Waals surface area contributed by atoms with Crippen LogP contribution >= 0.6 is 0 Å². The Balaban J connectivity index is 2.43. The Labute approximate surface area is 89.6 Å². The van der Waals surface area contributed by atoms with Crippen LogP contribution in [0, 0.1) is 0 Å². The molecule has 0 spiro atoms. The topological polar surface area (TPSA) is 107 Å². The second-order valence-electron chi connectivity index (χ2n) is 3.15. The second kappa shape index (κ2) is 3.97. The van der Waals surface area contributed by atoms with Gasteiger partial charge >= 0.3 is 5.69 Å². The van der Waals surface area contributed by atoms with Gasteiger partial charge in [0.1, 0.15) is 12.1 Å². The SMILES string of the molecule is Nc1cc(=O)[nH]c(=O)n1Cc1ccncn1. The lowest BCUT2D eigenvalue weighted by molar-refractivity contribution is 0.714. The number of hydrogen-bond donors (Lipinski definition) is 2. The zero-order valence-electron chi connectivity index (χ0n) is 8.25. The van der Waals surface area contributed by atoms with Crippen LogP contribution in [-0.2, 0) is 6.54 Å². The molecule has 0 atom stereocenters. The van der Waals surface area contributed by atoms with Crippen LogP contribution in [-0.4, -0.2) is 19.5 Å². The second-order valence-corrected chi connectivity index (χ2v) is 3.15. The summed E-state index contributed by atoms with van der Waals surface area (Å²) in [4.78, 5) is 32.2. The Morgan fingerprint density at radius 1 is 1.44 bits per heavy atom. The van der Waals surface area contributed by atoms with E-state index in [1.807, 2.05) is 0 Å². The van der Waals surface area contributed by atoms with E-state index in [1.165, 1.54) is 10.9 Å². The lowest BCUT2D eigenvalue weighted by Gasteiger charge is -2.06. The molecule has 2 aromatic heterocycles. The van der Waals surface area contributed by atoms with Crippen LogP contribution in [0.25, 0.3) is 0 Å². The fourth-order valence-corrected chi connectivity index (χ4v) is 1.28. The van der Waals surface area contributed by atoms with E-state index < -0.39 is 11.2 Å². The van der Waals surface area contributed by atoms with Gasteiger partial charge in [-0.25, -0.2) is 14.8 Å². The molecule has 82 valence electrons. The van der Waals surface area contributed by atoms with E-state index in [0.29, 0.717) is 5.69 Å². The van der Waals surface area contributed by atoms with Gasteiger partial charge in [-0.2, -0.15) is 0 Å². The van der Waals surface area contributed by atoms with Gasteiger partial charge in [0.05, 0.1) is 12.2 Å². The number of nitrogens with one attached hydrogen (secondary N) is 1. The molecular formula is C9H9N5O2. The first-order valence-electron chi connectivity index (χ1n) is 4.51. The molecule has 0 unspecified atom stereocenters. The maximum absolute atomic E-state index is 11.4. The van der Waals surface area contributed by atoms with Gasteiger partial charge < -0.3 is 5.73 Å². The van der Waals surface area contributed by atoms with Gasteiger partial charge in [0.2, 0.25) is 0 Å². The molecule has 0 saturated carbocycles. The predicted octanol–water partition coefficient (Wildman–Crippen LogP) is -1.04. The van der Waals surface area contributed by atoms with Crippen molar-refractivity contribution in [3.63, 3.8) is 0 Å². The van der Waals surface area contributed by atoms with Gasteiger partial charge in [0, 0.05) is 12.3 Å². The van der Waals surface area contributed by atoms with Crippen LogP contribution in [0.3, 0.4) is 0 Å². The van der Waals surface area contributed by atoms with Gasteiger partial charge in [-0.05, 0) is 6.07 Å². The van der Waals surface area contributed by atoms with Crippen molar-refractivity contribution in [1.82, 2.24) is 19.5 Å². The molecule has 0 fully saturated rings. The maximum atomic E-state index is 11.4. The Hall–Kier alpha value is -2.44. The first-order valence-corrected chi connectivity index (χ1v) is 4.51. The number of nitrogens with zero attached hydrogens (tertiary/aromatic N) is 3. The first-order chi connectivity index (χ1) is 7.66. The average Bonchev–Trinajstić information content (AvgIpc) is 2.25.